The van der Waals surface area contributed by atoms with Gasteiger partial charge in [-0.3, -0.25) is 9.59 Å². The zero-order valence-electron chi connectivity index (χ0n) is 14.5. The number of rotatable bonds is 7. The summed E-state index contributed by atoms with van der Waals surface area (Å²) in [6.07, 6.45) is 3.78. The molecule has 0 fully saturated rings. The number of benzene rings is 1. The molecule has 1 aromatic heterocycles. The summed E-state index contributed by atoms with van der Waals surface area (Å²) >= 11 is 0. The lowest BCUT2D eigenvalue weighted by atomic mass is 10.2. The van der Waals surface area contributed by atoms with Gasteiger partial charge in [0.05, 0.1) is 13.4 Å². The molecule has 0 saturated carbocycles. The van der Waals surface area contributed by atoms with Gasteiger partial charge in [-0.25, -0.2) is 0 Å². The maximum atomic E-state index is 12.5. The molecule has 132 valence electrons. The summed E-state index contributed by atoms with van der Waals surface area (Å²) in [5.74, 6) is 0.370. The highest BCUT2D eigenvalue weighted by atomic mass is 16.5. The third-order valence-corrected chi connectivity index (χ3v) is 3.66. The smallest absolute Gasteiger partial charge is 0.268 e. The summed E-state index contributed by atoms with van der Waals surface area (Å²) in [6.45, 7) is 3.87. The number of amides is 2. The standard InChI is InChI=1S/C19H22N2O4/c1-4-13(2)20-19(23)17(12-16-6-5-11-25-16)21-18(22)14-7-9-15(24-3)10-8-14/h5-13H,4H2,1-3H3,(H,20,23)(H,21,22)/b17-12-. The Morgan fingerprint density at radius 2 is 1.96 bits per heavy atom. The van der Waals surface area contributed by atoms with Gasteiger partial charge in [-0.15, -0.1) is 0 Å². The molecule has 1 unspecified atom stereocenters. The van der Waals surface area contributed by atoms with E-state index in [2.05, 4.69) is 10.6 Å². The molecule has 6 nitrogen and oxygen atoms in total. The number of hydrogen-bond donors (Lipinski definition) is 2. The maximum Gasteiger partial charge on any atom is 0.268 e. The summed E-state index contributed by atoms with van der Waals surface area (Å²) in [5, 5.41) is 5.48. The molecule has 0 saturated heterocycles. The molecule has 2 amide bonds. The van der Waals surface area contributed by atoms with E-state index in [0.717, 1.165) is 6.42 Å². The van der Waals surface area contributed by atoms with Crippen LogP contribution in [0.15, 0.2) is 52.8 Å². The van der Waals surface area contributed by atoms with Crippen molar-refractivity contribution in [2.75, 3.05) is 7.11 Å². The quantitative estimate of drug-likeness (QED) is 0.758. The number of nitrogens with one attached hydrogen (secondary N) is 2. The number of furan rings is 1. The third kappa shape index (κ3) is 5.24. The topological polar surface area (TPSA) is 80.6 Å². The minimum Gasteiger partial charge on any atom is -0.497 e. The van der Waals surface area contributed by atoms with Gasteiger partial charge < -0.3 is 19.8 Å². The average molecular weight is 342 g/mol. The number of methoxy groups -OCH3 is 1. The molecule has 0 aliphatic carbocycles. The van der Waals surface area contributed by atoms with Crippen molar-refractivity contribution in [2.24, 2.45) is 0 Å². The minimum atomic E-state index is -0.389. The number of carbonyl (C=O) groups excluding carboxylic acids is 2. The second-order valence-corrected chi connectivity index (χ2v) is 5.54. The van der Waals surface area contributed by atoms with E-state index in [4.69, 9.17) is 9.15 Å². The molecular weight excluding hydrogens is 320 g/mol. The second kappa shape index (κ2) is 8.73. The van der Waals surface area contributed by atoms with Gasteiger partial charge in [0.25, 0.3) is 11.8 Å². The van der Waals surface area contributed by atoms with Crippen molar-refractivity contribution in [3.8, 4) is 5.75 Å². The van der Waals surface area contributed by atoms with E-state index in [-0.39, 0.29) is 23.6 Å². The van der Waals surface area contributed by atoms with Crippen molar-refractivity contribution in [1.29, 1.82) is 0 Å². The Bertz CT molecular complexity index is 733. The average Bonchev–Trinajstić information content (AvgIpc) is 3.14. The molecular formula is C19H22N2O4. The minimum absolute atomic E-state index is 0.00890. The van der Waals surface area contributed by atoms with Crippen LogP contribution in [0.1, 0.15) is 36.4 Å². The van der Waals surface area contributed by atoms with Crippen LogP contribution < -0.4 is 15.4 Å². The van der Waals surface area contributed by atoms with Crippen LogP contribution >= 0.6 is 0 Å². The van der Waals surface area contributed by atoms with Crippen molar-refractivity contribution >= 4 is 17.9 Å². The Hall–Kier alpha value is -3.02. The number of hydrogen-bond acceptors (Lipinski definition) is 4. The molecule has 0 aliphatic rings. The van der Waals surface area contributed by atoms with Crippen LogP contribution in [-0.2, 0) is 4.79 Å². The van der Waals surface area contributed by atoms with Gasteiger partial charge in [-0.2, -0.15) is 0 Å². The van der Waals surface area contributed by atoms with Gasteiger partial charge >= 0.3 is 0 Å². The van der Waals surface area contributed by atoms with Gasteiger partial charge in [0.15, 0.2) is 0 Å². The fraction of sp³-hybridized carbons (Fsp3) is 0.263. The van der Waals surface area contributed by atoms with E-state index in [1.165, 1.54) is 12.3 Å². The van der Waals surface area contributed by atoms with Crippen molar-refractivity contribution in [1.82, 2.24) is 10.6 Å². The molecule has 25 heavy (non-hydrogen) atoms. The first-order chi connectivity index (χ1) is 12.0. The lowest BCUT2D eigenvalue weighted by Crippen LogP contribution is -2.38. The summed E-state index contributed by atoms with van der Waals surface area (Å²) < 4.78 is 10.3. The summed E-state index contributed by atoms with van der Waals surface area (Å²) in [4.78, 5) is 24.9. The first-order valence-electron chi connectivity index (χ1n) is 8.05. The SMILES string of the molecule is CCC(C)NC(=O)/C(=C/c1ccco1)NC(=O)c1ccc(OC)cc1. The molecule has 0 spiro atoms. The van der Waals surface area contributed by atoms with Crippen molar-refractivity contribution < 1.29 is 18.7 Å². The number of carbonyl (C=O) groups is 2. The van der Waals surface area contributed by atoms with Crippen LogP contribution in [0.5, 0.6) is 5.75 Å². The van der Waals surface area contributed by atoms with Crippen LogP contribution in [-0.4, -0.2) is 25.0 Å². The van der Waals surface area contributed by atoms with Gasteiger partial charge in [-0.1, -0.05) is 6.92 Å². The predicted octanol–water partition coefficient (Wildman–Crippen LogP) is 2.97. The van der Waals surface area contributed by atoms with Crippen LogP contribution in [0.3, 0.4) is 0 Å². The van der Waals surface area contributed by atoms with Gasteiger partial charge in [0.1, 0.15) is 17.2 Å². The first kappa shape index (κ1) is 18.3. The van der Waals surface area contributed by atoms with Crippen LogP contribution in [0, 0.1) is 0 Å². The summed E-state index contributed by atoms with van der Waals surface area (Å²) in [5.41, 5.74) is 0.540. The molecule has 1 heterocycles. The predicted molar refractivity (Wildman–Crippen MR) is 95.0 cm³/mol. The Morgan fingerprint density at radius 3 is 2.52 bits per heavy atom. The third-order valence-electron chi connectivity index (χ3n) is 3.66. The lowest BCUT2D eigenvalue weighted by Gasteiger charge is -2.14. The van der Waals surface area contributed by atoms with E-state index in [1.54, 1.807) is 43.5 Å². The van der Waals surface area contributed by atoms with Crippen LogP contribution in [0.2, 0.25) is 0 Å². The highest BCUT2D eigenvalue weighted by Crippen LogP contribution is 2.12. The highest BCUT2D eigenvalue weighted by Gasteiger charge is 2.16. The van der Waals surface area contributed by atoms with Crippen molar-refractivity contribution in [3.63, 3.8) is 0 Å². The van der Waals surface area contributed by atoms with Crippen LogP contribution in [0.25, 0.3) is 6.08 Å². The van der Waals surface area contributed by atoms with E-state index in [9.17, 15) is 9.59 Å². The molecule has 0 aliphatic heterocycles. The fourth-order valence-electron chi connectivity index (χ4n) is 2.01. The lowest BCUT2D eigenvalue weighted by molar-refractivity contribution is -0.118. The Kier molecular flexibility index (Phi) is 6.39. The van der Waals surface area contributed by atoms with E-state index < -0.39 is 0 Å². The van der Waals surface area contributed by atoms with Crippen LogP contribution in [0.4, 0.5) is 0 Å². The molecule has 0 bridgehead atoms. The summed E-state index contributed by atoms with van der Waals surface area (Å²) in [6, 6.07) is 10.0. The first-order valence-corrected chi connectivity index (χ1v) is 8.05. The Morgan fingerprint density at radius 1 is 1.24 bits per heavy atom. The highest BCUT2D eigenvalue weighted by molar-refractivity contribution is 6.05. The molecule has 1 atom stereocenters. The second-order valence-electron chi connectivity index (χ2n) is 5.54. The Balaban J connectivity index is 2.19. The summed E-state index contributed by atoms with van der Waals surface area (Å²) in [7, 11) is 1.55. The van der Waals surface area contributed by atoms with Crippen molar-refractivity contribution in [2.45, 2.75) is 26.3 Å². The monoisotopic (exact) mass is 342 g/mol. The van der Waals surface area contributed by atoms with Gasteiger partial charge in [0.2, 0.25) is 0 Å². The molecule has 2 rings (SSSR count). The molecule has 2 N–H and O–H groups in total. The van der Waals surface area contributed by atoms with E-state index in [0.29, 0.717) is 17.1 Å². The molecule has 2 aromatic rings. The maximum absolute atomic E-state index is 12.5. The van der Waals surface area contributed by atoms with E-state index in [1.807, 2.05) is 13.8 Å². The Labute approximate surface area is 146 Å². The fourth-order valence-corrected chi connectivity index (χ4v) is 2.01. The zero-order chi connectivity index (χ0) is 18.2. The van der Waals surface area contributed by atoms with Gasteiger partial charge in [-0.05, 0) is 49.7 Å². The van der Waals surface area contributed by atoms with E-state index >= 15 is 0 Å². The van der Waals surface area contributed by atoms with Gasteiger partial charge in [0, 0.05) is 17.7 Å². The molecule has 0 radical (unpaired) electrons. The van der Waals surface area contributed by atoms with Crippen molar-refractivity contribution in [3.05, 3.63) is 59.7 Å². The largest absolute Gasteiger partial charge is 0.497 e. The molecule has 1 aromatic carbocycles. The normalized spacial score (nSPS) is 12.4. The zero-order valence-corrected chi connectivity index (χ0v) is 14.5. The molecule has 6 heteroatoms. The number of ether oxygens (including phenoxy) is 1.